The summed E-state index contributed by atoms with van der Waals surface area (Å²) in [6.07, 6.45) is 19.4. The van der Waals surface area contributed by atoms with Crippen LogP contribution in [0.25, 0.3) is 0 Å². The lowest BCUT2D eigenvalue weighted by Gasteiger charge is -2.02. The van der Waals surface area contributed by atoms with Crippen molar-refractivity contribution in [3.63, 3.8) is 0 Å². The van der Waals surface area contributed by atoms with Gasteiger partial charge in [0.25, 0.3) is 0 Å². The molecular formula is C17H30N2O2. The maximum absolute atomic E-state index is 9.86. The molecule has 0 atom stereocenters. The Bertz CT molecular complexity index is 276. The molecule has 0 fully saturated rings. The van der Waals surface area contributed by atoms with Crippen LogP contribution in [0.5, 0.6) is 0 Å². The summed E-state index contributed by atoms with van der Waals surface area (Å²) in [5.41, 5.74) is 0. The third kappa shape index (κ3) is 18.8. The molecule has 0 saturated carbocycles. The summed E-state index contributed by atoms with van der Waals surface area (Å²) in [6.45, 7) is 1.29. The smallest absolute Gasteiger partial charge is 0.211 e. The van der Waals surface area contributed by atoms with Gasteiger partial charge in [0, 0.05) is 0 Å². The van der Waals surface area contributed by atoms with Crippen molar-refractivity contribution in [2.45, 2.75) is 83.5 Å². The standard InChI is InChI=1S/C17H30N2O2/c20-16-18-14-12-10-8-6-4-2-1-3-5-7-9-11-13-15-19-17-21/h1-15H2. The maximum Gasteiger partial charge on any atom is 0.234 e. The van der Waals surface area contributed by atoms with E-state index in [9.17, 15) is 9.59 Å². The van der Waals surface area contributed by atoms with Crippen molar-refractivity contribution in [1.82, 2.24) is 0 Å². The Morgan fingerprint density at radius 1 is 0.429 bits per heavy atom. The van der Waals surface area contributed by atoms with Crippen molar-refractivity contribution in [2.75, 3.05) is 13.1 Å². The third-order valence-corrected chi connectivity index (χ3v) is 3.67. The molecule has 21 heavy (non-hydrogen) atoms. The van der Waals surface area contributed by atoms with Gasteiger partial charge in [0.15, 0.2) is 0 Å². The Morgan fingerprint density at radius 3 is 0.905 bits per heavy atom. The summed E-state index contributed by atoms with van der Waals surface area (Å²) in [4.78, 5) is 26.8. The van der Waals surface area contributed by atoms with E-state index in [1.54, 1.807) is 12.2 Å². The van der Waals surface area contributed by atoms with Gasteiger partial charge in [-0.2, -0.15) is 0 Å². The van der Waals surface area contributed by atoms with Crippen LogP contribution in [0.1, 0.15) is 83.5 Å². The van der Waals surface area contributed by atoms with Crippen molar-refractivity contribution in [3.8, 4) is 0 Å². The Balaban J connectivity index is 2.99. The van der Waals surface area contributed by atoms with Crippen LogP contribution in [0.4, 0.5) is 0 Å². The highest BCUT2D eigenvalue weighted by atomic mass is 16.1. The van der Waals surface area contributed by atoms with E-state index in [4.69, 9.17) is 0 Å². The van der Waals surface area contributed by atoms with Gasteiger partial charge in [0.2, 0.25) is 12.2 Å². The van der Waals surface area contributed by atoms with E-state index in [0.29, 0.717) is 13.1 Å². The van der Waals surface area contributed by atoms with E-state index >= 15 is 0 Å². The zero-order valence-electron chi connectivity index (χ0n) is 13.3. The van der Waals surface area contributed by atoms with E-state index in [2.05, 4.69) is 9.98 Å². The second-order valence-corrected chi connectivity index (χ2v) is 5.54. The molecule has 0 radical (unpaired) electrons. The first-order valence-corrected chi connectivity index (χ1v) is 8.49. The molecule has 0 aliphatic carbocycles. The summed E-state index contributed by atoms with van der Waals surface area (Å²) in [7, 11) is 0. The first-order chi connectivity index (χ1) is 10.4. The average Bonchev–Trinajstić information content (AvgIpc) is 2.50. The topological polar surface area (TPSA) is 58.9 Å². The molecule has 0 rings (SSSR count). The van der Waals surface area contributed by atoms with Crippen LogP contribution in [0.15, 0.2) is 9.98 Å². The van der Waals surface area contributed by atoms with Crippen molar-refractivity contribution >= 4 is 12.2 Å². The molecule has 0 aromatic heterocycles. The minimum absolute atomic E-state index is 0.644. The lowest BCUT2D eigenvalue weighted by Crippen LogP contribution is -1.85. The Kier molecular flexibility index (Phi) is 17.7. The van der Waals surface area contributed by atoms with Crippen LogP contribution in [-0.2, 0) is 9.59 Å². The molecule has 0 spiro atoms. The van der Waals surface area contributed by atoms with Gasteiger partial charge in [0.1, 0.15) is 0 Å². The lowest BCUT2D eigenvalue weighted by atomic mass is 10.0. The zero-order valence-corrected chi connectivity index (χ0v) is 13.3. The molecule has 4 nitrogen and oxygen atoms in total. The first-order valence-electron chi connectivity index (χ1n) is 8.49. The predicted molar refractivity (Wildman–Crippen MR) is 86.0 cm³/mol. The summed E-state index contributed by atoms with van der Waals surface area (Å²) in [6, 6.07) is 0. The quantitative estimate of drug-likeness (QED) is 0.235. The van der Waals surface area contributed by atoms with Gasteiger partial charge in [-0.25, -0.2) is 19.6 Å². The SMILES string of the molecule is O=C=NCCCCCCCCCCCCCCCN=C=O. The van der Waals surface area contributed by atoms with Crippen molar-refractivity contribution in [2.24, 2.45) is 9.98 Å². The van der Waals surface area contributed by atoms with Crippen molar-refractivity contribution < 1.29 is 9.59 Å². The second kappa shape index (κ2) is 18.8. The van der Waals surface area contributed by atoms with Crippen LogP contribution in [0, 0.1) is 0 Å². The molecule has 0 bridgehead atoms. The fraction of sp³-hybridized carbons (Fsp3) is 0.882. The monoisotopic (exact) mass is 294 g/mol. The lowest BCUT2D eigenvalue weighted by molar-refractivity contribution is 0.536. The summed E-state index contributed by atoms with van der Waals surface area (Å²) >= 11 is 0. The molecule has 120 valence electrons. The van der Waals surface area contributed by atoms with Gasteiger partial charge in [-0.15, -0.1) is 0 Å². The highest BCUT2D eigenvalue weighted by Gasteiger charge is 1.94. The fourth-order valence-corrected chi connectivity index (χ4v) is 2.42. The number of rotatable bonds is 16. The highest BCUT2D eigenvalue weighted by Crippen LogP contribution is 2.12. The molecule has 0 aliphatic heterocycles. The van der Waals surface area contributed by atoms with E-state index in [1.807, 2.05) is 0 Å². The number of unbranched alkanes of at least 4 members (excludes halogenated alkanes) is 12. The number of carbonyl (C=O) groups excluding carboxylic acids is 2. The van der Waals surface area contributed by atoms with E-state index < -0.39 is 0 Å². The van der Waals surface area contributed by atoms with Gasteiger partial charge in [-0.1, -0.05) is 70.6 Å². The minimum atomic E-state index is 0.644. The molecule has 0 aromatic rings. The Hall–Kier alpha value is -1.24. The van der Waals surface area contributed by atoms with Crippen LogP contribution < -0.4 is 0 Å². The number of isocyanates is 2. The van der Waals surface area contributed by atoms with Gasteiger partial charge in [0.05, 0.1) is 13.1 Å². The summed E-state index contributed by atoms with van der Waals surface area (Å²) in [5.74, 6) is 0. The second-order valence-electron chi connectivity index (χ2n) is 5.54. The molecular weight excluding hydrogens is 264 g/mol. The van der Waals surface area contributed by atoms with Crippen LogP contribution in [-0.4, -0.2) is 25.2 Å². The van der Waals surface area contributed by atoms with E-state index in [0.717, 1.165) is 12.8 Å². The molecule has 0 saturated heterocycles. The van der Waals surface area contributed by atoms with Crippen LogP contribution in [0.2, 0.25) is 0 Å². The van der Waals surface area contributed by atoms with E-state index in [-0.39, 0.29) is 0 Å². The number of hydrogen-bond donors (Lipinski definition) is 0. The summed E-state index contributed by atoms with van der Waals surface area (Å²) in [5, 5.41) is 0. The van der Waals surface area contributed by atoms with Gasteiger partial charge in [-0.05, 0) is 12.8 Å². The van der Waals surface area contributed by atoms with Gasteiger partial charge < -0.3 is 0 Å². The largest absolute Gasteiger partial charge is 0.234 e. The van der Waals surface area contributed by atoms with Crippen molar-refractivity contribution in [1.29, 1.82) is 0 Å². The molecule has 0 heterocycles. The number of nitrogens with zero attached hydrogens (tertiary/aromatic N) is 2. The Labute approximate surface area is 129 Å². The number of aliphatic imine (C=N–C) groups is 2. The molecule has 4 heteroatoms. The molecule has 0 amide bonds. The highest BCUT2D eigenvalue weighted by molar-refractivity contribution is 5.32. The van der Waals surface area contributed by atoms with Crippen molar-refractivity contribution in [3.05, 3.63) is 0 Å². The van der Waals surface area contributed by atoms with Crippen LogP contribution in [0.3, 0.4) is 0 Å². The van der Waals surface area contributed by atoms with Gasteiger partial charge in [-0.3, -0.25) is 0 Å². The molecule has 0 aliphatic rings. The van der Waals surface area contributed by atoms with Gasteiger partial charge >= 0.3 is 0 Å². The zero-order chi connectivity index (χ0) is 15.4. The molecule has 0 N–H and O–H groups in total. The maximum atomic E-state index is 9.86. The summed E-state index contributed by atoms with van der Waals surface area (Å²) < 4.78 is 0. The normalized spacial score (nSPS) is 9.90. The predicted octanol–water partition coefficient (Wildman–Crippen LogP) is 4.73. The Morgan fingerprint density at radius 2 is 0.667 bits per heavy atom. The van der Waals surface area contributed by atoms with E-state index in [1.165, 1.54) is 70.6 Å². The molecule has 0 unspecified atom stereocenters. The minimum Gasteiger partial charge on any atom is -0.211 e. The number of hydrogen-bond acceptors (Lipinski definition) is 4. The molecule has 0 aromatic carbocycles. The average molecular weight is 294 g/mol. The third-order valence-electron chi connectivity index (χ3n) is 3.67. The van der Waals surface area contributed by atoms with Crippen LogP contribution >= 0.6 is 0 Å². The first kappa shape index (κ1) is 19.8. The fourth-order valence-electron chi connectivity index (χ4n) is 2.42.